The van der Waals surface area contributed by atoms with Crippen molar-refractivity contribution < 1.29 is 5.11 Å². The van der Waals surface area contributed by atoms with Crippen LogP contribution in [0.1, 0.15) is 25.0 Å². The Morgan fingerprint density at radius 1 is 1.09 bits per heavy atom. The molecule has 0 radical (unpaired) electrons. The van der Waals surface area contributed by atoms with Gasteiger partial charge in [0.2, 0.25) is 0 Å². The maximum Gasteiger partial charge on any atom is 0.138 e. The van der Waals surface area contributed by atoms with E-state index in [9.17, 15) is 5.11 Å². The molecule has 1 heterocycles. The number of H-pyrrole nitrogens is 1. The topological polar surface area (TPSA) is 48.9 Å². The number of benzene rings is 2. The summed E-state index contributed by atoms with van der Waals surface area (Å²) in [6, 6.07) is 13.9. The van der Waals surface area contributed by atoms with Gasteiger partial charge in [-0.15, -0.1) is 0 Å². The lowest BCUT2D eigenvalue weighted by atomic mass is 10.1. The monoisotopic (exact) mass is 290 g/mol. The van der Waals surface area contributed by atoms with Crippen LogP contribution in [0.4, 0.5) is 0 Å². The van der Waals surface area contributed by atoms with Crippen LogP contribution in [0.3, 0.4) is 0 Å². The maximum absolute atomic E-state index is 9.63. The Morgan fingerprint density at radius 2 is 1.82 bits per heavy atom. The highest BCUT2D eigenvalue weighted by atomic mass is 16.3. The molecule has 3 nitrogen and oxygen atoms in total. The number of aliphatic hydroxyl groups is 1. The van der Waals surface area contributed by atoms with Gasteiger partial charge in [0.1, 0.15) is 11.4 Å². The van der Waals surface area contributed by atoms with E-state index in [-0.39, 0.29) is 0 Å². The Morgan fingerprint density at radius 3 is 2.45 bits per heavy atom. The second kappa shape index (κ2) is 5.32. The summed E-state index contributed by atoms with van der Waals surface area (Å²) in [6.45, 7) is 5.41. The van der Waals surface area contributed by atoms with E-state index in [1.807, 2.05) is 36.4 Å². The fourth-order valence-electron chi connectivity index (χ4n) is 2.25. The number of imidazole rings is 1. The molecular weight excluding hydrogens is 272 g/mol. The second-order valence-corrected chi connectivity index (χ2v) is 5.94. The normalized spacial score (nSPS) is 11.3. The van der Waals surface area contributed by atoms with Crippen molar-refractivity contribution in [2.75, 3.05) is 0 Å². The molecule has 0 amide bonds. The lowest BCUT2D eigenvalue weighted by Gasteiger charge is -2.05. The molecule has 3 heteroatoms. The number of nitrogens with zero attached hydrogens (tertiary/aromatic N) is 1. The molecule has 0 aliphatic rings. The first-order valence-corrected chi connectivity index (χ1v) is 7.24. The third-order valence-electron chi connectivity index (χ3n) is 3.40. The predicted molar refractivity (Wildman–Crippen MR) is 89.4 cm³/mol. The molecule has 0 saturated heterocycles. The molecule has 3 aromatic rings. The summed E-state index contributed by atoms with van der Waals surface area (Å²) < 4.78 is 0. The largest absolute Gasteiger partial charge is 0.378 e. The van der Waals surface area contributed by atoms with Gasteiger partial charge in [0.05, 0.1) is 11.0 Å². The third-order valence-corrected chi connectivity index (χ3v) is 3.40. The van der Waals surface area contributed by atoms with Gasteiger partial charge in [-0.25, -0.2) is 4.98 Å². The zero-order chi connectivity index (χ0) is 15.7. The second-order valence-electron chi connectivity index (χ2n) is 5.94. The summed E-state index contributed by atoms with van der Waals surface area (Å²) in [5.41, 5.74) is 4.14. The summed E-state index contributed by atoms with van der Waals surface area (Å²) in [7, 11) is 0. The number of hydrogen-bond acceptors (Lipinski definition) is 2. The molecule has 3 rings (SSSR count). The van der Waals surface area contributed by atoms with E-state index < -0.39 is 5.60 Å². The van der Waals surface area contributed by atoms with Crippen LogP contribution in [0, 0.1) is 18.8 Å². The first kappa shape index (κ1) is 14.4. The Hall–Kier alpha value is -2.57. The number of hydrogen-bond donors (Lipinski definition) is 2. The quantitative estimate of drug-likeness (QED) is 0.672. The van der Waals surface area contributed by atoms with Crippen molar-refractivity contribution in [1.29, 1.82) is 0 Å². The molecule has 0 saturated carbocycles. The summed E-state index contributed by atoms with van der Waals surface area (Å²) in [4.78, 5) is 8.00. The Kier molecular flexibility index (Phi) is 3.48. The van der Waals surface area contributed by atoms with Crippen LogP contribution < -0.4 is 0 Å². The zero-order valence-corrected chi connectivity index (χ0v) is 12.9. The SMILES string of the molecule is Cc1cccc2nc(-c3ccc(C#CC(C)(C)O)cc3)[nH]c12. The summed E-state index contributed by atoms with van der Waals surface area (Å²) in [5.74, 6) is 6.63. The van der Waals surface area contributed by atoms with E-state index >= 15 is 0 Å². The third kappa shape index (κ3) is 3.03. The van der Waals surface area contributed by atoms with Crippen molar-refractivity contribution in [2.24, 2.45) is 0 Å². The Bertz CT molecular complexity index is 872. The van der Waals surface area contributed by atoms with Gasteiger partial charge in [-0.1, -0.05) is 36.1 Å². The van der Waals surface area contributed by atoms with E-state index in [1.54, 1.807) is 13.8 Å². The highest BCUT2D eigenvalue weighted by molar-refractivity contribution is 5.82. The van der Waals surface area contributed by atoms with Crippen molar-refractivity contribution >= 4 is 11.0 Å². The van der Waals surface area contributed by atoms with Gasteiger partial charge < -0.3 is 10.1 Å². The number of rotatable bonds is 1. The van der Waals surface area contributed by atoms with E-state index in [1.165, 1.54) is 5.56 Å². The number of nitrogens with one attached hydrogen (secondary N) is 1. The number of para-hydroxylation sites is 1. The van der Waals surface area contributed by atoms with Gasteiger partial charge >= 0.3 is 0 Å². The number of aromatic nitrogens is 2. The molecular formula is C19H18N2O. The molecule has 2 aromatic carbocycles. The maximum atomic E-state index is 9.63. The number of aromatic amines is 1. The van der Waals surface area contributed by atoms with Crippen molar-refractivity contribution in [2.45, 2.75) is 26.4 Å². The highest BCUT2D eigenvalue weighted by Crippen LogP contribution is 2.22. The van der Waals surface area contributed by atoms with Crippen LogP contribution in [0.2, 0.25) is 0 Å². The Labute approximate surface area is 130 Å². The lowest BCUT2D eigenvalue weighted by molar-refractivity contribution is 0.143. The predicted octanol–water partition coefficient (Wildman–Crippen LogP) is 3.66. The van der Waals surface area contributed by atoms with Gasteiger partial charge in [-0.2, -0.15) is 0 Å². The first-order valence-electron chi connectivity index (χ1n) is 7.24. The molecule has 0 aliphatic heterocycles. The van der Waals surface area contributed by atoms with E-state index in [0.717, 1.165) is 28.0 Å². The molecule has 0 atom stereocenters. The molecule has 0 bridgehead atoms. The molecule has 22 heavy (non-hydrogen) atoms. The number of fused-ring (bicyclic) bond motifs is 1. The fraction of sp³-hybridized carbons (Fsp3) is 0.211. The minimum absolute atomic E-state index is 0.853. The molecule has 0 aliphatic carbocycles. The van der Waals surface area contributed by atoms with Gasteiger partial charge in [-0.3, -0.25) is 0 Å². The summed E-state index contributed by atoms with van der Waals surface area (Å²) in [5, 5.41) is 9.63. The molecule has 0 spiro atoms. The fourth-order valence-corrected chi connectivity index (χ4v) is 2.25. The van der Waals surface area contributed by atoms with E-state index in [4.69, 9.17) is 0 Å². The van der Waals surface area contributed by atoms with Crippen LogP contribution in [0.15, 0.2) is 42.5 Å². The van der Waals surface area contributed by atoms with Gasteiger partial charge in [0.25, 0.3) is 0 Å². The molecule has 0 unspecified atom stereocenters. The van der Waals surface area contributed by atoms with Crippen LogP contribution in [-0.2, 0) is 0 Å². The van der Waals surface area contributed by atoms with Crippen molar-refractivity contribution in [3.63, 3.8) is 0 Å². The summed E-state index contributed by atoms with van der Waals surface area (Å²) in [6.07, 6.45) is 0. The van der Waals surface area contributed by atoms with Crippen molar-refractivity contribution in [3.8, 4) is 23.2 Å². The van der Waals surface area contributed by atoms with Gasteiger partial charge in [0, 0.05) is 11.1 Å². The van der Waals surface area contributed by atoms with E-state index in [2.05, 4.69) is 34.8 Å². The Balaban J connectivity index is 1.94. The molecule has 1 aromatic heterocycles. The average molecular weight is 290 g/mol. The molecule has 110 valence electrons. The van der Waals surface area contributed by atoms with Crippen LogP contribution in [0.5, 0.6) is 0 Å². The molecule has 2 N–H and O–H groups in total. The first-order chi connectivity index (χ1) is 10.4. The smallest absolute Gasteiger partial charge is 0.138 e. The standard InChI is InChI=1S/C19H18N2O/c1-13-5-4-6-16-17(13)21-18(20-16)15-9-7-14(8-10-15)11-12-19(2,3)22/h4-10,22H,1-3H3,(H,20,21). The van der Waals surface area contributed by atoms with Crippen LogP contribution in [-0.4, -0.2) is 20.7 Å². The zero-order valence-electron chi connectivity index (χ0n) is 12.9. The lowest BCUT2D eigenvalue weighted by Crippen LogP contribution is -2.14. The highest BCUT2D eigenvalue weighted by Gasteiger charge is 2.07. The number of aryl methyl sites for hydroxylation is 1. The molecule has 0 fully saturated rings. The summed E-state index contributed by atoms with van der Waals surface area (Å²) >= 11 is 0. The van der Waals surface area contributed by atoms with Crippen molar-refractivity contribution in [1.82, 2.24) is 9.97 Å². The van der Waals surface area contributed by atoms with Crippen LogP contribution in [0.25, 0.3) is 22.4 Å². The van der Waals surface area contributed by atoms with Gasteiger partial charge in [0.15, 0.2) is 0 Å². The minimum Gasteiger partial charge on any atom is -0.378 e. The minimum atomic E-state index is -0.977. The van der Waals surface area contributed by atoms with Crippen LogP contribution >= 0.6 is 0 Å². The average Bonchev–Trinajstić information content (AvgIpc) is 2.90. The van der Waals surface area contributed by atoms with E-state index in [0.29, 0.717) is 0 Å². The van der Waals surface area contributed by atoms with Gasteiger partial charge in [-0.05, 0) is 44.5 Å². The van der Waals surface area contributed by atoms with Crippen molar-refractivity contribution in [3.05, 3.63) is 53.6 Å².